The highest BCUT2D eigenvalue weighted by Gasteiger charge is 2.34. The second kappa shape index (κ2) is 5.84. The van der Waals surface area contributed by atoms with Gasteiger partial charge in [-0.25, -0.2) is 9.97 Å². The molecule has 118 valence electrons. The van der Waals surface area contributed by atoms with Gasteiger partial charge in [-0.05, 0) is 12.1 Å². The summed E-state index contributed by atoms with van der Waals surface area (Å²) in [6.45, 7) is 0. The normalized spacial score (nSPS) is 11.4. The van der Waals surface area contributed by atoms with E-state index < -0.39 is 17.8 Å². The average molecular weight is 338 g/mol. The standard InChI is InChI=1S/C14H9F3N4OS/c15-14(16,17)11-7-23-13(19-11)20-12(22)10-6-18-8-21(10)9-4-2-1-3-5-9/h1-8H,(H,19,20,22). The lowest BCUT2D eigenvalue weighted by Gasteiger charge is -2.07. The molecule has 0 saturated carbocycles. The number of thiazole rings is 1. The van der Waals surface area contributed by atoms with E-state index in [1.807, 2.05) is 6.07 Å². The van der Waals surface area contributed by atoms with Gasteiger partial charge < -0.3 is 0 Å². The van der Waals surface area contributed by atoms with Gasteiger partial charge in [0.05, 0.1) is 12.5 Å². The Balaban J connectivity index is 1.83. The molecule has 0 saturated heterocycles. The highest BCUT2D eigenvalue weighted by Crippen LogP contribution is 2.31. The minimum Gasteiger partial charge on any atom is -0.296 e. The SMILES string of the molecule is O=C(Nc1nc(C(F)(F)F)cs1)c1cncn1-c1ccccc1. The van der Waals surface area contributed by atoms with Gasteiger partial charge in [-0.1, -0.05) is 18.2 Å². The number of nitrogens with zero attached hydrogens (tertiary/aromatic N) is 3. The molecule has 0 aliphatic carbocycles. The van der Waals surface area contributed by atoms with E-state index in [1.165, 1.54) is 17.1 Å². The van der Waals surface area contributed by atoms with E-state index in [0.29, 0.717) is 17.0 Å². The maximum absolute atomic E-state index is 12.5. The molecule has 9 heteroatoms. The van der Waals surface area contributed by atoms with Crippen molar-refractivity contribution in [1.29, 1.82) is 0 Å². The highest BCUT2D eigenvalue weighted by molar-refractivity contribution is 7.14. The minimum absolute atomic E-state index is 0.122. The van der Waals surface area contributed by atoms with Crippen LogP contribution in [0, 0.1) is 0 Å². The molecule has 3 rings (SSSR count). The van der Waals surface area contributed by atoms with Gasteiger partial charge in [0.2, 0.25) is 0 Å². The van der Waals surface area contributed by atoms with E-state index in [9.17, 15) is 18.0 Å². The molecule has 0 aliphatic rings. The number of carbonyl (C=O) groups is 1. The number of halogens is 3. The Kier molecular flexibility index (Phi) is 3.87. The van der Waals surface area contributed by atoms with Crippen LogP contribution in [0.5, 0.6) is 0 Å². The molecule has 2 heterocycles. The number of rotatable bonds is 3. The Morgan fingerprint density at radius 3 is 2.61 bits per heavy atom. The molecular weight excluding hydrogens is 329 g/mol. The van der Waals surface area contributed by atoms with Gasteiger partial charge in [0.1, 0.15) is 5.69 Å². The van der Waals surface area contributed by atoms with Gasteiger partial charge in [-0.2, -0.15) is 13.2 Å². The second-order valence-electron chi connectivity index (χ2n) is 4.47. The monoisotopic (exact) mass is 338 g/mol. The van der Waals surface area contributed by atoms with Crippen LogP contribution in [-0.2, 0) is 6.18 Å². The summed E-state index contributed by atoms with van der Waals surface area (Å²) in [4.78, 5) is 19.5. The summed E-state index contributed by atoms with van der Waals surface area (Å²) >= 11 is 0.711. The van der Waals surface area contributed by atoms with Crippen molar-refractivity contribution in [2.45, 2.75) is 6.18 Å². The fraction of sp³-hybridized carbons (Fsp3) is 0.0714. The maximum atomic E-state index is 12.5. The van der Waals surface area contributed by atoms with Crippen LogP contribution in [0.4, 0.5) is 18.3 Å². The van der Waals surface area contributed by atoms with Crippen molar-refractivity contribution in [3.63, 3.8) is 0 Å². The van der Waals surface area contributed by atoms with Gasteiger partial charge in [-0.3, -0.25) is 14.7 Å². The van der Waals surface area contributed by atoms with Crippen molar-refractivity contribution in [2.24, 2.45) is 0 Å². The van der Waals surface area contributed by atoms with Crippen LogP contribution >= 0.6 is 11.3 Å². The number of benzene rings is 1. The van der Waals surface area contributed by atoms with Crippen molar-refractivity contribution >= 4 is 22.4 Å². The summed E-state index contributed by atoms with van der Waals surface area (Å²) < 4.78 is 39.1. The fourth-order valence-corrected chi connectivity index (χ4v) is 2.59. The van der Waals surface area contributed by atoms with Gasteiger partial charge >= 0.3 is 6.18 Å². The third-order valence-electron chi connectivity index (χ3n) is 2.92. The maximum Gasteiger partial charge on any atom is 0.434 e. The summed E-state index contributed by atoms with van der Waals surface area (Å²) in [5, 5.41) is 3.08. The number of anilines is 1. The molecule has 1 amide bonds. The molecule has 5 nitrogen and oxygen atoms in total. The Bertz CT molecular complexity index is 826. The van der Waals surface area contributed by atoms with Crippen molar-refractivity contribution < 1.29 is 18.0 Å². The lowest BCUT2D eigenvalue weighted by atomic mass is 10.3. The third kappa shape index (κ3) is 3.24. The van der Waals surface area contributed by atoms with Crippen molar-refractivity contribution in [2.75, 3.05) is 5.32 Å². The van der Waals surface area contributed by atoms with Gasteiger partial charge in [0.25, 0.3) is 5.91 Å². The van der Waals surface area contributed by atoms with E-state index in [2.05, 4.69) is 15.3 Å². The Hall–Kier alpha value is -2.68. The highest BCUT2D eigenvalue weighted by atomic mass is 32.1. The van der Waals surface area contributed by atoms with Crippen LogP contribution in [0.15, 0.2) is 48.2 Å². The first-order chi connectivity index (χ1) is 10.9. The third-order valence-corrected chi connectivity index (χ3v) is 3.68. The van der Waals surface area contributed by atoms with Crippen LogP contribution in [-0.4, -0.2) is 20.4 Å². The molecule has 0 aliphatic heterocycles. The zero-order chi connectivity index (χ0) is 16.4. The fourth-order valence-electron chi connectivity index (χ4n) is 1.88. The van der Waals surface area contributed by atoms with E-state index >= 15 is 0 Å². The van der Waals surface area contributed by atoms with Crippen molar-refractivity contribution in [3.8, 4) is 5.69 Å². The molecule has 1 N–H and O–H groups in total. The lowest BCUT2D eigenvalue weighted by Crippen LogP contribution is -2.16. The van der Waals surface area contributed by atoms with E-state index in [4.69, 9.17) is 0 Å². The lowest BCUT2D eigenvalue weighted by molar-refractivity contribution is -0.140. The van der Waals surface area contributed by atoms with Crippen molar-refractivity contribution in [3.05, 3.63) is 59.6 Å². The zero-order valence-electron chi connectivity index (χ0n) is 11.4. The van der Waals surface area contributed by atoms with Crippen LogP contribution in [0.25, 0.3) is 5.69 Å². The minimum atomic E-state index is -4.54. The zero-order valence-corrected chi connectivity index (χ0v) is 12.2. The molecule has 23 heavy (non-hydrogen) atoms. The molecule has 2 aromatic heterocycles. The van der Waals surface area contributed by atoms with E-state index in [1.54, 1.807) is 24.3 Å². The Morgan fingerprint density at radius 1 is 1.22 bits per heavy atom. The summed E-state index contributed by atoms with van der Waals surface area (Å²) in [5.74, 6) is -0.588. The molecule has 0 radical (unpaired) electrons. The van der Waals surface area contributed by atoms with Gasteiger partial charge in [0, 0.05) is 11.1 Å². The summed E-state index contributed by atoms with van der Waals surface area (Å²) in [6, 6.07) is 8.99. The van der Waals surface area contributed by atoms with Crippen LogP contribution in [0.1, 0.15) is 16.2 Å². The Labute approximate surface area is 132 Å². The number of carbonyl (C=O) groups excluding carboxylic acids is 1. The first kappa shape index (κ1) is 15.2. The molecular formula is C14H9F3N4OS. The van der Waals surface area contributed by atoms with Crippen LogP contribution in [0.2, 0.25) is 0 Å². The number of aromatic nitrogens is 3. The molecule has 0 spiro atoms. The molecule has 3 aromatic rings. The van der Waals surface area contributed by atoms with Gasteiger partial charge in [-0.15, -0.1) is 11.3 Å². The predicted molar refractivity (Wildman–Crippen MR) is 78.6 cm³/mol. The average Bonchev–Trinajstić information content (AvgIpc) is 3.16. The topological polar surface area (TPSA) is 59.8 Å². The first-order valence-electron chi connectivity index (χ1n) is 6.37. The van der Waals surface area contributed by atoms with Crippen LogP contribution < -0.4 is 5.32 Å². The smallest absolute Gasteiger partial charge is 0.296 e. The Morgan fingerprint density at radius 2 is 1.96 bits per heavy atom. The van der Waals surface area contributed by atoms with E-state index in [-0.39, 0.29) is 10.8 Å². The molecule has 0 unspecified atom stereocenters. The summed E-state index contributed by atoms with van der Waals surface area (Å²) in [7, 11) is 0. The molecule has 0 bridgehead atoms. The van der Waals surface area contributed by atoms with Gasteiger partial charge in [0.15, 0.2) is 10.8 Å². The summed E-state index contributed by atoms with van der Waals surface area (Å²) in [6.07, 6.45) is -1.75. The number of amides is 1. The largest absolute Gasteiger partial charge is 0.434 e. The second-order valence-corrected chi connectivity index (χ2v) is 5.33. The van der Waals surface area contributed by atoms with Crippen LogP contribution in [0.3, 0.4) is 0 Å². The molecule has 0 atom stereocenters. The number of alkyl halides is 3. The first-order valence-corrected chi connectivity index (χ1v) is 7.25. The number of imidazole rings is 1. The van der Waals surface area contributed by atoms with Crippen molar-refractivity contribution in [1.82, 2.24) is 14.5 Å². The number of hydrogen-bond donors (Lipinski definition) is 1. The predicted octanol–water partition coefficient (Wildman–Crippen LogP) is 3.60. The molecule has 1 aromatic carbocycles. The quantitative estimate of drug-likeness (QED) is 0.794. The molecule has 0 fully saturated rings. The number of hydrogen-bond acceptors (Lipinski definition) is 4. The summed E-state index contributed by atoms with van der Waals surface area (Å²) in [5.41, 5.74) is -0.125. The number of nitrogens with one attached hydrogen (secondary N) is 1. The number of para-hydroxylation sites is 1. The van der Waals surface area contributed by atoms with E-state index in [0.717, 1.165) is 5.38 Å².